The van der Waals surface area contributed by atoms with Crippen LogP contribution in [0.3, 0.4) is 0 Å². The third-order valence-corrected chi connectivity index (χ3v) is 3.94. The maximum absolute atomic E-state index is 6.03. The van der Waals surface area contributed by atoms with E-state index in [0.29, 0.717) is 17.6 Å². The van der Waals surface area contributed by atoms with Crippen molar-refractivity contribution in [3.63, 3.8) is 0 Å². The lowest BCUT2D eigenvalue weighted by atomic mass is 9.70. The van der Waals surface area contributed by atoms with Crippen LogP contribution in [0.5, 0.6) is 0 Å². The topological polar surface area (TPSA) is 21.3 Å². The summed E-state index contributed by atoms with van der Waals surface area (Å²) < 4.78 is 6.03. The second-order valence-corrected chi connectivity index (χ2v) is 4.68. The van der Waals surface area contributed by atoms with Gasteiger partial charge in [0.05, 0.1) is 6.10 Å². The molecule has 3 heterocycles. The molecule has 3 aliphatic rings. The molecule has 2 fully saturated rings. The molecule has 0 aromatic heterocycles. The minimum atomic E-state index is 0.0255. The van der Waals surface area contributed by atoms with Gasteiger partial charge in [0.25, 0.3) is 0 Å². The van der Waals surface area contributed by atoms with Gasteiger partial charge in [-0.25, -0.2) is 0 Å². The molecule has 4 atom stereocenters. The van der Waals surface area contributed by atoms with E-state index in [4.69, 9.17) is 4.74 Å². The van der Waals surface area contributed by atoms with Gasteiger partial charge in [0.2, 0.25) is 0 Å². The maximum Gasteiger partial charge on any atom is 0.109 e. The van der Waals surface area contributed by atoms with Crippen molar-refractivity contribution in [3.8, 4) is 0 Å². The Labute approximate surface area is 73.0 Å². The zero-order valence-corrected chi connectivity index (χ0v) is 7.63. The van der Waals surface area contributed by atoms with Crippen LogP contribution in [0.4, 0.5) is 0 Å². The van der Waals surface area contributed by atoms with Gasteiger partial charge in [0.15, 0.2) is 0 Å². The second-order valence-electron chi connectivity index (χ2n) is 4.68. The number of ether oxygens (including phenoxy) is 1. The molecule has 0 radical (unpaired) electrons. The standard InChI is InChI=1S/C10H15NO/c1-7-10-4-3-8(12-10)5-9(10,2)6-11-7/h3-4,7-8,11H,5-6H2,1-2H3. The highest BCUT2D eigenvalue weighted by Crippen LogP contribution is 2.55. The molecule has 0 aromatic rings. The van der Waals surface area contributed by atoms with Crippen LogP contribution in [0.2, 0.25) is 0 Å². The Kier molecular flexibility index (Phi) is 1.05. The van der Waals surface area contributed by atoms with Crippen molar-refractivity contribution in [2.24, 2.45) is 5.41 Å². The van der Waals surface area contributed by atoms with Crippen LogP contribution in [-0.2, 0) is 4.74 Å². The summed E-state index contributed by atoms with van der Waals surface area (Å²) in [6.07, 6.45) is 6.11. The predicted molar refractivity (Wildman–Crippen MR) is 46.9 cm³/mol. The molecule has 3 aliphatic heterocycles. The first-order chi connectivity index (χ1) is 5.66. The highest BCUT2D eigenvalue weighted by atomic mass is 16.5. The van der Waals surface area contributed by atoms with Crippen LogP contribution < -0.4 is 5.32 Å². The van der Waals surface area contributed by atoms with Crippen molar-refractivity contribution in [2.75, 3.05) is 6.54 Å². The van der Waals surface area contributed by atoms with Gasteiger partial charge in [0.1, 0.15) is 5.60 Å². The van der Waals surface area contributed by atoms with Gasteiger partial charge in [0, 0.05) is 18.0 Å². The molecule has 12 heavy (non-hydrogen) atoms. The van der Waals surface area contributed by atoms with Crippen LogP contribution in [0.25, 0.3) is 0 Å². The van der Waals surface area contributed by atoms with E-state index in [1.807, 2.05) is 0 Å². The Bertz CT molecular complexity index is 263. The highest BCUT2D eigenvalue weighted by Gasteiger charge is 2.63. The Morgan fingerprint density at radius 3 is 3.08 bits per heavy atom. The summed E-state index contributed by atoms with van der Waals surface area (Å²) >= 11 is 0. The third-order valence-electron chi connectivity index (χ3n) is 3.94. The van der Waals surface area contributed by atoms with Crippen molar-refractivity contribution in [1.82, 2.24) is 5.32 Å². The van der Waals surface area contributed by atoms with Gasteiger partial charge in [-0.2, -0.15) is 0 Å². The van der Waals surface area contributed by atoms with E-state index < -0.39 is 0 Å². The second kappa shape index (κ2) is 1.78. The molecule has 2 nitrogen and oxygen atoms in total. The zero-order valence-electron chi connectivity index (χ0n) is 7.63. The summed E-state index contributed by atoms with van der Waals surface area (Å²) in [6.45, 7) is 5.67. The maximum atomic E-state index is 6.03. The molecule has 0 aliphatic carbocycles. The van der Waals surface area contributed by atoms with E-state index in [1.54, 1.807) is 0 Å². The largest absolute Gasteiger partial charge is 0.361 e. The Morgan fingerprint density at radius 2 is 2.42 bits per heavy atom. The molecule has 2 bridgehead atoms. The van der Waals surface area contributed by atoms with Crippen LogP contribution in [-0.4, -0.2) is 24.3 Å². The zero-order chi connectivity index (χ0) is 8.40. The van der Waals surface area contributed by atoms with Gasteiger partial charge >= 0.3 is 0 Å². The van der Waals surface area contributed by atoms with E-state index in [9.17, 15) is 0 Å². The van der Waals surface area contributed by atoms with Gasteiger partial charge in [-0.1, -0.05) is 19.1 Å². The summed E-state index contributed by atoms with van der Waals surface area (Å²) in [5, 5.41) is 3.50. The molecule has 0 aromatic carbocycles. The summed E-state index contributed by atoms with van der Waals surface area (Å²) in [5.41, 5.74) is 0.378. The lowest BCUT2D eigenvalue weighted by molar-refractivity contribution is -0.00875. The average Bonchev–Trinajstić information content (AvgIpc) is 2.61. The predicted octanol–water partition coefficient (Wildman–Crippen LogP) is 1.08. The molecular formula is C10H15NO. The lowest BCUT2D eigenvalue weighted by Crippen LogP contribution is -2.45. The fourth-order valence-electron chi connectivity index (χ4n) is 3.15. The van der Waals surface area contributed by atoms with Crippen molar-refractivity contribution < 1.29 is 4.74 Å². The first-order valence-electron chi connectivity index (χ1n) is 4.77. The van der Waals surface area contributed by atoms with Gasteiger partial charge in [-0.05, 0) is 13.3 Å². The van der Waals surface area contributed by atoms with Crippen LogP contribution in [0.1, 0.15) is 20.3 Å². The van der Waals surface area contributed by atoms with Crippen LogP contribution >= 0.6 is 0 Å². The van der Waals surface area contributed by atoms with E-state index in [0.717, 1.165) is 6.54 Å². The summed E-state index contributed by atoms with van der Waals surface area (Å²) in [4.78, 5) is 0. The number of hydrogen-bond acceptors (Lipinski definition) is 2. The quantitative estimate of drug-likeness (QED) is 0.542. The normalized spacial score (nSPS) is 61.2. The fourth-order valence-corrected chi connectivity index (χ4v) is 3.15. The van der Waals surface area contributed by atoms with Crippen molar-refractivity contribution in [1.29, 1.82) is 0 Å². The van der Waals surface area contributed by atoms with E-state index >= 15 is 0 Å². The summed E-state index contributed by atoms with van der Waals surface area (Å²) in [5.74, 6) is 0. The number of fused-ring (bicyclic) bond motifs is 1. The Morgan fingerprint density at radius 1 is 1.58 bits per heavy atom. The molecule has 2 saturated heterocycles. The number of hydrogen-bond donors (Lipinski definition) is 1. The molecule has 1 N–H and O–H groups in total. The Balaban J connectivity index is 2.13. The van der Waals surface area contributed by atoms with Crippen molar-refractivity contribution >= 4 is 0 Å². The van der Waals surface area contributed by atoms with Crippen LogP contribution in [0, 0.1) is 5.41 Å². The molecule has 3 rings (SSSR count). The molecule has 0 saturated carbocycles. The third kappa shape index (κ3) is 0.539. The summed E-state index contributed by atoms with van der Waals surface area (Å²) in [6, 6.07) is 0.478. The highest BCUT2D eigenvalue weighted by molar-refractivity contribution is 5.30. The number of nitrogens with one attached hydrogen (secondary N) is 1. The Hall–Kier alpha value is -0.340. The molecule has 0 amide bonds. The van der Waals surface area contributed by atoms with Gasteiger partial charge in [-0.15, -0.1) is 0 Å². The molecule has 2 heteroatoms. The SMILES string of the molecule is CC1NCC2(C)CC3C=CC12O3. The fraction of sp³-hybridized carbons (Fsp3) is 0.800. The minimum Gasteiger partial charge on any atom is -0.361 e. The molecule has 4 unspecified atom stereocenters. The first-order valence-corrected chi connectivity index (χ1v) is 4.77. The van der Waals surface area contributed by atoms with Gasteiger partial charge in [-0.3, -0.25) is 0 Å². The molecule has 1 spiro atoms. The van der Waals surface area contributed by atoms with E-state index in [1.165, 1.54) is 6.42 Å². The van der Waals surface area contributed by atoms with E-state index in [-0.39, 0.29) is 5.60 Å². The average molecular weight is 165 g/mol. The lowest BCUT2D eigenvalue weighted by Gasteiger charge is -2.34. The number of rotatable bonds is 0. The first kappa shape index (κ1) is 7.10. The molecular weight excluding hydrogens is 150 g/mol. The van der Waals surface area contributed by atoms with E-state index in [2.05, 4.69) is 31.3 Å². The summed E-state index contributed by atoms with van der Waals surface area (Å²) in [7, 11) is 0. The van der Waals surface area contributed by atoms with Crippen molar-refractivity contribution in [2.45, 2.75) is 38.0 Å². The smallest absolute Gasteiger partial charge is 0.109 e. The monoisotopic (exact) mass is 165 g/mol. The van der Waals surface area contributed by atoms with Crippen molar-refractivity contribution in [3.05, 3.63) is 12.2 Å². The molecule has 66 valence electrons. The minimum absolute atomic E-state index is 0.0255. The van der Waals surface area contributed by atoms with Gasteiger partial charge < -0.3 is 10.1 Å². The van der Waals surface area contributed by atoms with Crippen LogP contribution in [0.15, 0.2) is 12.2 Å².